The van der Waals surface area contributed by atoms with E-state index in [-0.39, 0.29) is 5.91 Å². The molecular weight excluding hydrogens is 488 g/mol. The molecule has 1 heterocycles. The minimum atomic E-state index is -0.277. The van der Waals surface area contributed by atoms with Gasteiger partial charge in [-0.15, -0.1) is 0 Å². The van der Waals surface area contributed by atoms with Gasteiger partial charge >= 0.3 is 0 Å². The van der Waals surface area contributed by atoms with Crippen molar-refractivity contribution in [3.05, 3.63) is 107 Å². The van der Waals surface area contributed by atoms with E-state index in [2.05, 4.69) is 29.4 Å². The van der Waals surface area contributed by atoms with E-state index < -0.39 is 0 Å². The summed E-state index contributed by atoms with van der Waals surface area (Å²) in [5, 5.41) is 3.59. The van der Waals surface area contributed by atoms with Gasteiger partial charge in [-0.2, -0.15) is 0 Å². The zero-order chi connectivity index (χ0) is 25.8. The second-order valence-corrected chi connectivity index (χ2v) is 8.92. The van der Waals surface area contributed by atoms with Gasteiger partial charge in [0.2, 0.25) is 5.89 Å². The number of halogens is 1. The van der Waals surface area contributed by atoms with Gasteiger partial charge in [-0.05, 0) is 78.2 Å². The highest BCUT2D eigenvalue weighted by Crippen LogP contribution is 2.30. The van der Waals surface area contributed by atoms with E-state index >= 15 is 0 Å². The number of methoxy groups -OCH3 is 1. The molecule has 37 heavy (non-hydrogen) atoms. The lowest BCUT2D eigenvalue weighted by Gasteiger charge is -2.12. The standard InChI is InChI=1S/C30H25ClN2O4/c1-3-19-4-8-21(9-5-19)30-33-25-17-24(13-15-26(25)37-30)32-29(34)22-10-14-27(28(16-22)35-2)36-18-20-6-11-23(31)12-7-20/h4-17H,3,18H2,1-2H3,(H,32,34). The summed E-state index contributed by atoms with van der Waals surface area (Å²) in [6, 6.07) is 26.0. The molecule has 4 aromatic carbocycles. The van der Waals surface area contributed by atoms with Gasteiger partial charge in [0.25, 0.3) is 5.91 Å². The van der Waals surface area contributed by atoms with E-state index in [1.807, 2.05) is 36.4 Å². The first-order chi connectivity index (χ1) is 18.0. The van der Waals surface area contributed by atoms with Crippen LogP contribution in [0.2, 0.25) is 5.02 Å². The van der Waals surface area contributed by atoms with Gasteiger partial charge < -0.3 is 19.2 Å². The van der Waals surface area contributed by atoms with Crippen LogP contribution in [0.3, 0.4) is 0 Å². The van der Waals surface area contributed by atoms with Crippen molar-refractivity contribution in [3.63, 3.8) is 0 Å². The van der Waals surface area contributed by atoms with Crippen molar-refractivity contribution in [1.29, 1.82) is 0 Å². The van der Waals surface area contributed by atoms with Gasteiger partial charge in [-0.25, -0.2) is 4.98 Å². The van der Waals surface area contributed by atoms with Crippen LogP contribution in [0.1, 0.15) is 28.4 Å². The molecule has 1 amide bonds. The van der Waals surface area contributed by atoms with Crippen molar-refractivity contribution >= 4 is 34.3 Å². The van der Waals surface area contributed by atoms with Crippen LogP contribution in [0.4, 0.5) is 5.69 Å². The third-order valence-electron chi connectivity index (χ3n) is 5.99. The fourth-order valence-electron chi connectivity index (χ4n) is 3.88. The Morgan fingerprint density at radius 1 is 0.919 bits per heavy atom. The lowest BCUT2D eigenvalue weighted by molar-refractivity contribution is 0.102. The van der Waals surface area contributed by atoms with E-state index in [0.29, 0.717) is 51.4 Å². The molecule has 0 radical (unpaired) electrons. The topological polar surface area (TPSA) is 73.6 Å². The molecule has 0 atom stereocenters. The Morgan fingerprint density at radius 3 is 2.41 bits per heavy atom. The molecule has 5 aromatic rings. The van der Waals surface area contributed by atoms with Crippen molar-refractivity contribution in [3.8, 4) is 23.0 Å². The van der Waals surface area contributed by atoms with Crippen molar-refractivity contribution in [2.45, 2.75) is 20.0 Å². The van der Waals surface area contributed by atoms with Crippen LogP contribution in [0, 0.1) is 0 Å². The maximum atomic E-state index is 13.0. The van der Waals surface area contributed by atoms with Crippen LogP contribution in [-0.4, -0.2) is 18.0 Å². The van der Waals surface area contributed by atoms with E-state index in [1.165, 1.54) is 12.7 Å². The molecule has 0 aliphatic heterocycles. The van der Waals surface area contributed by atoms with Gasteiger partial charge in [0, 0.05) is 21.8 Å². The van der Waals surface area contributed by atoms with Crippen molar-refractivity contribution < 1.29 is 18.7 Å². The predicted molar refractivity (Wildman–Crippen MR) is 146 cm³/mol. The Kier molecular flexibility index (Phi) is 7.10. The Morgan fingerprint density at radius 2 is 1.68 bits per heavy atom. The number of benzene rings is 4. The van der Waals surface area contributed by atoms with Crippen LogP contribution < -0.4 is 14.8 Å². The maximum absolute atomic E-state index is 13.0. The molecule has 1 N–H and O–H groups in total. The number of fused-ring (bicyclic) bond motifs is 1. The Bertz CT molecular complexity index is 1540. The van der Waals surface area contributed by atoms with Gasteiger partial charge in [0.15, 0.2) is 17.1 Å². The quantitative estimate of drug-likeness (QED) is 0.232. The van der Waals surface area contributed by atoms with Gasteiger partial charge in [-0.1, -0.05) is 42.8 Å². The van der Waals surface area contributed by atoms with Crippen LogP contribution in [0.25, 0.3) is 22.6 Å². The highest BCUT2D eigenvalue weighted by atomic mass is 35.5. The molecule has 0 saturated carbocycles. The third-order valence-corrected chi connectivity index (χ3v) is 6.24. The summed E-state index contributed by atoms with van der Waals surface area (Å²) < 4.78 is 17.3. The average Bonchev–Trinajstić information content (AvgIpc) is 3.36. The van der Waals surface area contributed by atoms with Gasteiger partial charge in [0.05, 0.1) is 7.11 Å². The summed E-state index contributed by atoms with van der Waals surface area (Å²) in [5.41, 5.74) is 5.49. The number of hydrogen-bond acceptors (Lipinski definition) is 5. The molecule has 7 heteroatoms. The number of rotatable bonds is 8. The fraction of sp³-hybridized carbons (Fsp3) is 0.133. The zero-order valence-corrected chi connectivity index (χ0v) is 21.2. The summed E-state index contributed by atoms with van der Waals surface area (Å²) in [6.07, 6.45) is 0.974. The molecule has 1 aromatic heterocycles. The zero-order valence-electron chi connectivity index (χ0n) is 20.5. The first kappa shape index (κ1) is 24.4. The monoisotopic (exact) mass is 512 g/mol. The number of aromatic nitrogens is 1. The molecule has 0 saturated heterocycles. The van der Waals surface area contributed by atoms with E-state index in [4.69, 9.17) is 25.5 Å². The number of nitrogens with one attached hydrogen (secondary N) is 1. The number of amides is 1. The van der Waals surface area contributed by atoms with Crippen LogP contribution in [-0.2, 0) is 13.0 Å². The lowest BCUT2D eigenvalue weighted by Crippen LogP contribution is -2.12. The minimum Gasteiger partial charge on any atom is -0.493 e. The summed E-state index contributed by atoms with van der Waals surface area (Å²) >= 11 is 5.94. The number of ether oxygens (including phenoxy) is 2. The molecule has 5 rings (SSSR count). The van der Waals surface area contributed by atoms with Crippen molar-refractivity contribution in [2.24, 2.45) is 0 Å². The first-order valence-electron chi connectivity index (χ1n) is 11.9. The number of hydrogen-bond donors (Lipinski definition) is 1. The molecule has 0 unspecified atom stereocenters. The number of oxazole rings is 1. The van der Waals surface area contributed by atoms with Gasteiger partial charge in [-0.3, -0.25) is 4.79 Å². The molecule has 0 spiro atoms. The number of carbonyl (C=O) groups excluding carboxylic acids is 1. The van der Waals surface area contributed by atoms with Crippen molar-refractivity contribution in [1.82, 2.24) is 4.98 Å². The predicted octanol–water partition coefficient (Wildman–Crippen LogP) is 7.55. The second kappa shape index (κ2) is 10.8. The largest absolute Gasteiger partial charge is 0.493 e. The second-order valence-electron chi connectivity index (χ2n) is 8.49. The number of carbonyl (C=O) groups is 1. The summed E-state index contributed by atoms with van der Waals surface area (Å²) in [7, 11) is 1.54. The van der Waals surface area contributed by atoms with E-state index in [9.17, 15) is 4.79 Å². The number of nitrogens with zero attached hydrogens (tertiary/aromatic N) is 1. The third kappa shape index (κ3) is 5.60. The number of anilines is 1. The average molecular weight is 513 g/mol. The molecule has 186 valence electrons. The smallest absolute Gasteiger partial charge is 0.255 e. The lowest BCUT2D eigenvalue weighted by atomic mass is 10.1. The van der Waals surface area contributed by atoms with Crippen LogP contribution >= 0.6 is 11.6 Å². The SMILES string of the molecule is CCc1ccc(-c2nc3cc(NC(=O)c4ccc(OCc5ccc(Cl)cc5)c(OC)c4)ccc3o2)cc1. The van der Waals surface area contributed by atoms with E-state index in [0.717, 1.165) is 17.5 Å². The highest BCUT2D eigenvalue weighted by molar-refractivity contribution is 6.30. The molecule has 0 bridgehead atoms. The van der Waals surface area contributed by atoms with Crippen LogP contribution in [0.5, 0.6) is 11.5 Å². The maximum Gasteiger partial charge on any atom is 0.255 e. The molecular formula is C30H25ClN2O4. The van der Waals surface area contributed by atoms with Crippen LogP contribution in [0.15, 0.2) is 89.3 Å². The summed E-state index contributed by atoms with van der Waals surface area (Å²) in [6.45, 7) is 2.47. The molecule has 0 fully saturated rings. The Balaban J connectivity index is 1.29. The first-order valence-corrected chi connectivity index (χ1v) is 12.3. The summed E-state index contributed by atoms with van der Waals surface area (Å²) in [5.74, 6) is 1.27. The molecule has 6 nitrogen and oxygen atoms in total. The fourth-order valence-corrected chi connectivity index (χ4v) is 4.01. The normalized spacial score (nSPS) is 10.9. The molecule has 0 aliphatic rings. The van der Waals surface area contributed by atoms with Gasteiger partial charge in [0.1, 0.15) is 12.1 Å². The summed E-state index contributed by atoms with van der Waals surface area (Å²) in [4.78, 5) is 17.6. The molecule has 0 aliphatic carbocycles. The minimum absolute atomic E-state index is 0.277. The Labute approximate surface area is 219 Å². The van der Waals surface area contributed by atoms with Crippen molar-refractivity contribution in [2.75, 3.05) is 12.4 Å². The number of aryl methyl sites for hydroxylation is 1. The Hall–Kier alpha value is -4.29. The highest BCUT2D eigenvalue weighted by Gasteiger charge is 2.14. The van der Waals surface area contributed by atoms with E-state index in [1.54, 1.807) is 36.4 Å².